The number of hydrogen-bond donors (Lipinski definition) is 0. The second-order valence-electron chi connectivity index (χ2n) is 7.42. The maximum absolute atomic E-state index is 11.7. The number of nitrogens with zero attached hydrogens (tertiary/aromatic N) is 3. The van der Waals surface area contributed by atoms with Gasteiger partial charge in [0.05, 0.1) is 17.9 Å². The fourth-order valence-electron chi connectivity index (χ4n) is 4.12. The van der Waals surface area contributed by atoms with Crippen LogP contribution in [0, 0.1) is 12.8 Å². The third kappa shape index (κ3) is 3.15. The predicted octanol–water partition coefficient (Wildman–Crippen LogP) is 1.59. The molecule has 0 N–H and O–H groups in total. The average Bonchev–Trinajstić information content (AvgIpc) is 3.09. The van der Waals surface area contributed by atoms with Crippen molar-refractivity contribution in [2.24, 2.45) is 5.92 Å². The Kier molecular flexibility index (Phi) is 3.89. The summed E-state index contributed by atoms with van der Waals surface area (Å²) < 4.78 is 11.3. The standard InChI is InChI=1S/C17H25N3O3/c1-13-7-15(18-23-13)9-19-11-17(12-19)5-4-14(10-22-17)8-20-6-2-3-16(20)21/h7,14H,2-6,8-12H2,1H3/t14-/m0/s1. The molecule has 3 fully saturated rings. The van der Waals surface area contributed by atoms with E-state index in [2.05, 4.69) is 10.1 Å². The first-order valence-electron chi connectivity index (χ1n) is 8.68. The summed E-state index contributed by atoms with van der Waals surface area (Å²) >= 11 is 0. The minimum atomic E-state index is 0.0459. The van der Waals surface area contributed by atoms with Gasteiger partial charge in [-0.2, -0.15) is 0 Å². The Bertz CT molecular complexity index is 569. The van der Waals surface area contributed by atoms with Crippen LogP contribution < -0.4 is 0 Å². The van der Waals surface area contributed by atoms with E-state index in [1.807, 2.05) is 17.9 Å². The molecule has 6 nitrogen and oxygen atoms in total. The summed E-state index contributed by atoms with van der Waals surface area (Å²) in [5.41, 5.74) is 1.04. The molecule has 0 aromatic carbocycles. The molecule has 1 atom stereocenters. The van der Waals surface area contributed by atoms with E-state index in [0.717, 1.165) is 70.0 Å². The Morgan fingerprint density at radius 3 is 2.91 bits per heavy atom. The lowest BCUT2D eigenvalue weighted by Crippen LogP contribution is -2.64. The zero-order valence-corrected chi connectivity index (χ0v) is 13.8. The van der Waals surface area contributed by atoms with Crippen LogP contribution >= 0.6 is 0 Å². The Balaban J connectivity index is 1.22. The van der Waals surface area contributed by atoms with Gasteiger partial charge in [-0.15, -0.1) is 0 Å². The SMILES string of the molecule is Cc1cc(CN2CC3(CC[C@@H](CN4CCCC4=O)CO3)C2)no1. The Labute approximate surface area is 136 Å². The van der Waals surface area contributed by atoms with Gasteiger partial charge in [0.1, 0.15) is 5.76 Å². The fraction of sp³-hybridized carbons (Fsp3) is 0.765. The topological polar surface area (TPSA) is 58.8 Å². The van der Waals surface area contributed by atoms with Gasteiger partial charge >= 0.3 is 0 Å². The van der Waals surface area contributed by atoms with Crippen LogP contribution in [0.1, 0.15) is 37.1 Å². The van der Waals surface area contributed by atoms with Crippen molar-refractivity contribution in [1.29, 1.82) is 0 Å². The van der Waals surface area contributed by atoms with Crippen molar-refractivity contribution in [2.75, 3.05) is 32.8 Å². The highest BCUT2D eigenvalue weighted by Gasteiger charge is 2.46. The van der Waals surface area contributed by atoms with Gasteiger partial charge in [-0.05, 0) is 26.2 Å². The molecule has 0 radical (unpaired) electrons. The molecule has 0 aliphatic carbocycles. The molecule has 0 bridgehead atoms. The highest BCUT2D eigenvalue weighted by Crippen LogP contribution is 2.37. The molecule has 1 aromatic rings. The highest BCUT2D eigenvalue weighted by atomic mass is 16.5. The van der Waals surface area contributed by atoms with Crippen LogP contribution in [0.15, 0.2) is 10.6 Å². The number of likely N-dealkylation sites (tertiary alicyclic amines) is 2. The van der Waals surface area contributed by atoms with Crippen molar-refractivity contribution in [1.82, 2.24) is 15.0 Å². The van der Waals surface area contributed by atoms with Crippen LogP contribution in [-0.4, -0.2) is 59.3 Å². The van der Waals surface area contributed by atoms with E-state index in [1.54, 1.807) is 0 Å². The Morgan fingerprint density at radius 1 is 1.43 bits per heavy atom. The van der Waals surface area contributed by atoms with E-state index in [0.29, 0.717) is 11.8 Å². The largest absolute Gasteiger partial charge is 0.372 e. The van der Waals surface area contributed by atoms with Gasteiger partial charge in [0, 0.05) is 51.1 Å². The molecule has 3 aliphatic heterocycles. The lowest BCUT2D eigenvalue weighted by atomic mass is 9.82. The van der Waals surface area contributed by atoms with Crippen LogP contribution in [0.2, 0.25) is 0 Å². The maximum Gasteiger partial charge on any atom is 0.222 e. The third-order valence-electron chi connectivity index (χ3n) is 5.37. The summed E-state index contributed by atoms with van der Waals surface area (Å²) in [5.74, 6) is 1.70. The summed E-state index contributed by atoms with van der Waals surface area (Å²) in [6.45, 7) is 7.34. The summed E-state index contributed by atoms with van der Waals surface area (Å²) in [5, 5.41) is 4.05. The smallest absolute Gasteiger partial charge is 0.222 e. The Hall–Kier alpha value is -1.40. The molecule has 0 unspecified atom stereocenters. The molecular weight excluding hydrogens is 294 g/mol. The Morgan fingerprint density at radius 2 is 2.30 bits per heavy atom. The van der Waals surface area contributed by atoms with E-state index >= 15 is 0 Å². The number of carbonyl (C=O) groups excluding carboxylic acids is 1. The molecule has 6 heteroatoms. The molecular formula is C17H25N3O3. The van der Waals surface area contributed by atoms with E-state index in [9.17, 15) is 4.79 Å². The molecule has 3 aliphatic rings. The minimum Gasteiger partial charge on any atom is -0.372 e. The van der Waals surface area contributed by atoms with Crippen LogP contribution in [0.25, 0.3) is 0 Å². The zero-order valence-electron chi connectivity index (χ0n) is 13.8. The summed E-state index contributed by atoms with van der Waals surface area (Å²) in [7, 11) is 0. The third-order valence-corrected chi connectivity index (χ3v) is 5.37. The van der Waals surface area contributed by atoms with Gasteiger partial charge in [-0.3, -0.25) is 9.69 Å². The second kappa shape index (κ2) is 5.91. The summed E-state index contributed by atoms with van der Waals surface area (Å²) in [4.78, 5) is 16.1. The number of amides is 1. The van der Waals surface area contributed by atoms with Crippen LogP contribution in [0.5, 0.6) is 0 Å². The van der Waals surface area contributed by atoms with E-state index in [-0.39, 0.29) is 5.60 Å². The summed E-state index contributed by atoms with van der Waals surface area (Å²) in [6.07, 6.45) is 4.02. The number of carbonyl (C=O) groups is 1. The minimum absolute atomic E-state index is 0.0459. The van der Waals surface area contributed by atoms with Crippen molar-refractivity contribution in [2.45, 2.75) is 44.8 Å². The van der Waals surface area contributed by atoms with Crippen LogP contribution in [0.4, 0.5) is 0 Å². The predicted molar refractivity (Wildman–Crippen MR) is 83.7 cm³/mol. The first-order chi connectivity index (χ1) is 11.1. The van der Waals surface area contributed by atoms with Crippen molar-refractivity contribution < 1.29 is 14.1 Å². The molecule has 3 saturated heterocycles. The molecule has 1 amide bonds. The van der Waals surface area contributed by atoms with E-state index < -0.39 is 0 Å². The molecule has 23 heavy (non-hydrogen) atoms. The van der Waals surface area contributed by atoms with E-state index in [4.69, 9.17) is 9.26 Å². The zero-order chi connectivity index (χ0) is 15.9. The maximum atomic E-state index is 11.7. The number of hydrogen-bond acceptors (Lipinski definition) is 5. The number of ether oxygens (including phenoxy) is 1. The van der Waals surface area contributed by atoms with Gasteiger partial charge in [-0.1, -0.05) is 5.16 Å². The number of aromatic nitrogens is 1. The first-order valence-corrected chi connectivity index (χ1v) is 8.68. The normalized spacial score (nSPS) is 27.6. The molecule has 1 spiro atoms. The van der Waals surface area contributed by atoms with Gasteiger partial charge in [0.2, 0.25) is 5.91 Å². The fourth-order valence-corrected chi connectivity index (χ4v) is 4.12. The number of aryl methyl sites for hydroxylation is 1. The van der Waals surface area contributed by atoms with Gasteiger partial charge < -0.3 is 14.2 Å². The molecule has 4 heterocycles. The average molecular weight is 319 g/mol. The monoisotopic (exact) mass is 319 g/mol. The molecule has 126 valence electrons. The van der Waals surface area contributed by atoms with Crippen molar-refractivity contribution in [3.05, 3.63) is 17.5 Å². The summed E-state index contributed by atoms with van der Waals surface area (Å²) in [6, 6.07) is 2.00. The lowest BCUT2D eigenvalue weighted by Gasteiger charge is -2.53. The van der Waals surface area contributed by atoms with Crippen molar-refractivity contribution >= 4 is 5.91 Å². The first kappa shape index (κ1) is 15.1. The van der Waals surface area contributed by atoms with E-state index in [1.165, 1.54) is 6.42 Å². The van der Waals surface area contributed by atoms with Gasteiger partial charge in [0.25, 0.3) is 0 Å². The number of rotatable bonds is 4. The van der Waals surface area contributed by atoms with Crippen molar-refractivity contribution in [3.63, 3.8) is 0 Å². The van der Waals surface area contributed by atoms with Crippen molar-refractivity contribution in [3.8, 4) is 0 Å². The lowest BCUT2D eigenvalue weighted by molar-refractivity contribution is -0.183. The molecule has 1 aromatic heterocycles. The van der Waals surface area contributed by atoms with Gasteiger partial charge in [0.15, 0.2) is 0 Å². The molecule has 0 saturated carbocycles. The quantitative estimate of drug-likeness (QED) is 0.843. The van der Waals surface area contributed by atoms with Gasteiger partial charge in [-0.25, -0.2) is 0 Å². The molecule has 4 rings (SSSR count). The van der Waals surface area contributed by atoms with Crippen LogP contribution in [0.3, 0.4) is 0 Å². The highest BCUT2D eigenvalue weighted by molar-refractivity contribution is 5.78. The second-order valence-corrected chi connectivity index (χ2v) is 7.42. The van der Waals surface area contributed by atoms with Crippen LogP contribution in [-0.2, 0) is 16.1 Å².